The first-order chi connectivity index (χ1) is 15.2. The highest BCUT2D eigenvalue weighted by atomic mass is 127. The minimum absolute atomic E-state index is 0. The van der Waals surface area contributed by atoms with E-state index in [1.807, 2.05) is 12.1 Å². The maximum Gasteiger partial charge on any atom is 0.191 e. The van der Waals surface area contributed by atoms with E-state index in [0.29, 0.717) is 26.3 Å². The summed E-state index contributed by atoms with van der Waals surface area (Å²) in [6, 6.07) is 6.88. The second-order valence-corrected chi connectivity index (χ2v) is 7.93. The molecule has 32 heavy (non-hydrogen) atoms. The van der Waals surface area contributed by atoms with E-state index in [1.165, 1.54) is 25.0 Å². The van der Waals surface area contributed by atoms with Crippen molar-refractivity contribution in [2.45, 2.75) is 45.3 Å². The quantitative estimate of drug-likeness (QED) is 0.310. The molecule has 2 aliphatic rings. The lowest BCUT2D eigenvalue weighted by molar-refractivity contribution is 0.0170. The van der Waals surface area contributed by atoms with Crippen LogP contribution < -0.4 is 10.6 Å². The van der Waals surface area contributed by atoms with Crippen molar-refractivity contribution < 1.29 is 9.13 Å². The number of nitrogens with zero attached hydrogens (tertiary/aromatic N) is 5. The number of rotatable bonds is 7. The smallest absolute Gasteiger partial charge is 0.191 e. The van der Waals surface area contributed by atoms with Gasteiger partial charge in [0.05, 0.1) is 19.3 Å². The van der Waals surface area contributed by atoms with Gasteiger partial charge in [-0.05, 0) is 37.5 Å². The maximum absolute atomic E-state index is 13.5. The summed E-state index contributed by atoms with van der Waals surface area (Å²) in [7, 11) is 0. The number of benzene rings is 1. The molecule has 8 nitrogen and oxygen atoms in total. The highest BCUT2D eigenvalue weighted by molar-refractivity contribution is 14.0. The third-order valence-corrected chi connectivity index (χ3v) is 5.86. The van der Waals surface area contributed by atoms with Gasteiger partial charge < -0.3 is 19.9 Å². The molecule has 2 aliphatic heterocycles. The molecule has 3 heterocycles. The van der Waals surface area contributed by atoms with Gasteiger partial charge in [0.1, 0.15) is 18.2 Å². The molecule has 1 aromatic carbocycles. The van der Waals surface area contributed by atoms with Crippen LogP contribution in [0.1, 0.15) is 43.0 Å². The Morgan fingerprint density at radius 1 is 1.12 bits per heavy atom. The standard InChI is InChI=1S/C22H32FN7O.HI/c1-2-24-22(26-16-21-28-27-20-5-3-4-10-30(20)21)25-15-19(29-11-13-31-14-12-29)17-6-8-18(23)9-7-17;/h6-9,19H,2-5,10-16H2,1H3,(H2,24,25,26);1H. The average Bonchev–Trinajstić information content (AvgIpc) is 3.22. The van der Waals surface area contributed by atoms with E-state index < -0.39 is 0 Å². The van der Waals surface area contributed by atoms with Crippen molar-refractivity contribution in [3.63, 3.8) is 0 Å². The largest absolute Gasteiger partial charge is 0.379 e. The molecule has 0 saturated carbocycles. The number of aryl methyl sites for hydroxylation is 1. The molecule has 2 N–H and O–H groups in total. The number of hydrogen-bond acceptors (Lipinski definition) is 5. The van der Waals surface area contributed by atoms with Crippen LogP contribution in [0, 0.1) is 5.82 Å². The number of halogens is 2. The summed E-state index contributed by atoms with van der Waals surface area (Å²) >= 11 is 0. The van der Waals surface area contributed by atoms with Gasteiger partial charge in [-0.3, -0.25) is 4.90 Å². The van der Waals surface area contributed by atoms with Crippen LogP contribution in [-0.4, -0.2) is 65.0 Å². The Kier molecular flexibility index (Phi) is 9.67. The van der Waals surface area contributed by atoms with Gasteiger partial charge in [0, 0.05) is 39.1 Å². The van der Waals surface area contributed by atoms with E-state index in [0.717, 1.165) is 55.8 Å². The Morgan fingerprint density at radius 3 is 2.66 bits per heavy atom. The van der Waals surface area contributed by atoms with Gasteiger partial charge in [0.15, 0.2) is 11.8 Å². The molecule has 2 aromatic rings. The summed E-state index contributed by atoms with van der Waals surface area (Å²) in [5.41, 5.74) is 1.08. The number of nitrogens with one attached hydrogen (secondary N) is 2. The second-order valence-electron chi connectivity index (χ2n) is 7.93. The first-order valence-electron chi connectivity index (χ1n) is 11.2. The van der Waals surface area contributed by atoms with Crippen molar-refractivity contribution in [1.29, 1.82) is 0 Å². The number of guanidine groups is 1. The van der Waals surface area contributed by atoms with Gasteiger partial charge in [-0.2, -0.15) is 0 Å². The van der Waals surface area contributed by atoms with E-state index in [1.54, 1.807) is 0 Å². The van der Waals surface area contributed by atoms with Crippen molar-refractivity contribution >= 4 is 29.9 Å². The average molecular weight is 557 g/mol. The molecule has 4 rings (SSSR count). The van der Waals surface area contributed by atoms with Gasteiger partial charge in [-0.1, -0.05) is 12.1 Å². The minimum Gasteiger partial charge on any atom is -0.379 e. The van der Waals surface area contributed by atoms with E-state index >= 15 is 0 Å². The normalized spacial score (nSPS) is 17.9. The van der Waals surface area contributed by atoms with Crippen molar-refractivity contribution in [2.24, 2.45) is 4.99 Å². The first kappa shape index (κ1) is 24.8. The molecular formula is C22H33FIN7O. The van der Waals surface area contributed by atoms with Crippen molar-refractivity contribution in [1.82, 2.24) is 30.3 Å². The molecule has 176 valence electrons. The minimum atomic E-state index is -0.219. The molecule has 0 amide bonds. The topological polar surface area (TPSA) is 79.6 Å². The van der Waals surface area contributed by atoms with Crippen molar-refractivity contribution in [2.75, 3.05) is 39.4 Å². The third-order valence-electron chi connectivity index (χ3n) is 5.86. The molecule has 1 saturated heterocycles. The molecule has 1 aromatic heterocycles. The Hall–Kier alpha value is -1.79. The Labute approximate surface area is 206 Å². The van der Waals surface area contributed by atoms with Gasteiger partial charge in [-0.25, -0.2) is 9.38 Å². The summed E-state index contributed by atoms with van der Waals surface area (Å²) < 4.78 is 21.2. The summed E-state index contributed by atoms with van der Waals surface area (Å²) in [6.45, 7) is 8.07. The Morgan fingerprint density at radius 2 is 1.91 bits per heavy atom. The third kappa shape index (κ3) is 6.38. The summed E-state index contributed by atoms with van der Waals surface area (Å²) in [4.78, 5) is 7.13. The van der Waals surface area contributed by atoms with Crippen LogP contribution in [0.15, 0.2) is 29.3 Å². The van der Waals surface area contributed by atoms with Crippen LogP contribution in [0.25, 0.3) is 0 Å². The number of ether oxygens (including phenoxy) is 1. The monoisotopic (exact) mass is 557 g/mol. The molecule has 1 unspecified atom stereocenters. The van der Waals surface area contributed by atoms with Gasteiger partial charge in [-0.15, -0.1) is 34.2 Å². The SMILES string of the molecule is CCNC(=NCc1nnc2n1CCCC2)NCC(c1ccc(F)cc1)N1CCOCC1.I. The maximum atomic E-state index is 13.5. The first-order valence-corrected chi connectivity index (χ1v) is 11.2. The summed E-state index contributed by atoms with van der Waals surface area (Å²) in [5, 5.41) is 15.5. The number of hydrogen-bond donors (Lipinski definition) is 2. The van der Waals surface area contributed by atoms with Gasteiger partial charge in [0.25, 0.3) is 0 Å². The summed E-state index contributed by atoms with van der Waals surface area (Å²) in [5.74, 6) is 2.51. The Balaban J connectivity index is 0.00000289. The molecule has 10 heteroatoms. The molecule has 1 fully saturated rings. The predicted octanol–water partition coefficient (Wildman–Crippen LogP) is 2.50. The number of fused-ring (bicyclic) bond motifs is 1. The van der Waals surface area contributed by atoms with Crippen LogP contribution >= 0.6 is 24.0 Å². The molecule has 1 atom stereocenters. The molecule has 0 spiro atoms. The number of aromatic nitrogens is 3. The van der Waals surface area contributed by atoms with Crippen LogP contribution in [0.3, 0.4) is 0 Å². The van der Waals surface area contributed by atoms with E-state index in [9.17, 15) is 4.39 Å². The van der Waals surface area contributed by atoms with Gasteiger partial charge >= 0.3 is 0 Å². The van der Waals surface area contributed by atoms with E-state index in [-0.39, 0.29) is 35.8 Å². The van der Waals surface area contributed by atoms with Crippen molar-refractivity contribution in [3.05, 3.63) is 47.3 Å². The fourth-order valence-corrected chi connectivity index (χ4v) is 4.20. The zero-order chi connectivity index (χ0) is 21.5. The zero-order valence-electron chi connectivity index (χ0n) is 18.6. The number of aliphatic imine (C=N–C) groups is 1. The zero-order valence-corrected chi connectivity index (χ0v) is 20.9. The number of morpholine rings is 1. The lowest BCUT2D eigenvalue weighted by Crippen LogP contribution is -2.46. The highest BCUT2D eigenvalue weighted by Crippen LogP contribution is 2.22. The van der Waals surface area contributed by atoms with Crippen LogP contribution in [-0.2, 0) is 24.2 Å². The van der Waals surface area contributed by atoms with Crippen molar-refractivity contribution in [3.8, 4) is 0 Å². The second kappa shape index (κ2) is 12.4. The fourth-order valence-electron chi connectivity index (χ4n) is 4.20. The molecular weight excluding hydrogens is 524 g/mol. The van der Waals surface area contributed by atoms with Crippen LogP contribution in [0.2, 0.25) is 0 Å². The molecule has 0 aliphatic carbocycles. The lowest BCUT2D eigenvalue weighted by Gasteiger charge is -2.35. The van der Waals surface area contributed by atoms with Gasteiger partial charge in [0.2, 0.25) is 0 Å². The Bertz CT molecular complexity index is 868. The molecule has 0 radical (unpaired) electrons. The van der Waals surface area contributed by atoms with Crippen LogP contribution in [0.5, 0.6) is 0 Å². The van der Waals surface area contributed by atoms with Crippen LogP contribution in [0.4, 0.5) is 4.39 Å². The lowest BCUT2D eigenvalue weighted by atomic mass is 10.0. The molecule has 0 bridgehead atoms. The van der Waals surface area contributed by atoms with E-state index in [2.05, 4.69) is 37.2 Å². The fraction of sp³-hybridized carbons (Fsp3) is 0.591. The predicted molar refractivity (Wildman–Crippen MR) is 133 cm³/mol. The van der Waals surface area contributed by atoms with E-state index in [4.69, 9.17) is 9.73 Å². The highest BCUT2D eigenvalue weighted by Gasteiger charge is 2.23. The summed E-state index contributed by atoms with van der Waals surface area (Å²) in [6.07, 6.45) is 3.34.